The van der Waals surface area contributed by atoms with Crippen LogP contribution in [-0.4, -0.2) is 24.9 Å². The second-order valence-electron chi connectivity index (χ2n) is 11.4. The van der Waals surface area contributed by atoms with E-state index in [2.05, 4.69) is 36.4 Å². The molecule has 0 saturated heterocycles. The smallest absolute Gasteiger partial charge is 0.164 e. The average molecular weight is 604 g/mol. The molecule has 0 N–H and O–H groups in total. The number of para-hydroxylation sites is 1. The molecular weight excluding hydrogens is 578 g/mol. The van der Waals surface area contributed by atoms with Crippen molar-refractivity contribution in [2.45, 2.75) is 0 Å². The first-order valence-corrected chi connectivity index (χ1v) is 15.4. The van der Waals surface area contributed by atoms with Gasteiger partial charge in [-0.15, -0.1) is 0 Å². The topological polar surface area (TPSA) is 77.6 Å². The van der Waals surface area contributed by atoms with E-state index in [0.29, 0.717) is 17.5 Å². The lowest BCUT2D eigenvalue weighted by Crippen LogP contribution is -2.00. The Morgan fingerprint density at radius 2 is 1.00 bits per heavy atom. The zero-order chi connectivity index (χ0) is 31.2. The fraction of sp³-hybridized carbons (Fsp3) is 0. The number of fused-ring (bicyclic) bond motifs is 4. The number of pyridine rings is 2. The zero-order valence-electron chi connectivity index (χ0n) is 25.1. The molecular formula is C41H25N5O. The molecule has 47 heavy (non-hydrogen) atoms. The van der Waals surface area contributed by atoms with Gasteiger partial charge in [-0.1, -0.05) is 121 Å². The van der Waals surface area contributed by atoms with Gasteiger partial charge < -0.3 is 4.42 Å². The predicted molar refractivity (Wildman–Crippen MR) is 187 cm³/mol. The largest absolute Gasteiger partial charge is 0.456 e. The first-order valence-electron chi connectivity index (χ1n) is 15.4. The van der Waals surface area contributed by atoms with Crippen LogP contribution in [0, 0.1) is 0 Å². The molecule has 5 aromatic carbocycles. The normalized spacial score (nSPS) is 11.4. The van der Waals surface area contributed by atoms with Gasteiger partial charge in [0.25, 0.3) is 0 Å². The molecule has 0 spiro atoms. The molecule has 0 bridgehead atoms. The number of furan rings is 1. The van der Waals surface area contributed by atoms with Crippen LogP contribution in [-0.2, 0) is 0 Å². The minimum absolute atomic E-state index is 0.584. The van der Waals surface area contributed by atoms with Crippen LogP contribution in [0.3, 0.4) is 0 Å². The molecule has 0 saturated carbocycles. The van der Waals surface area contributed by atoms with Gasteiger partial charge in [0, 0.05) is 45.3 Å². The summed E-state index contributed by atoms with van der Waals surface area (Å²) in [6, 6.07) is 48.5. The van der Waals surface area contributed by atoms with Crippen LogP contribution in [0.5, 0.6) is 0 Å². The van der Waals surface area contributed by atoms with Crippen molar-refractivity contribution in [1.82, 2.24) is 24.9 Å². The lowest BCUT2D eigenvalue weighted by atomic mass is 10.0. The van der Waals surface area contributed by atoms with Crippen LogP contribution in [0.15, 0.2) is 156 Å². The molecule has 4 aromatic heterocycles. The molecule has 0 amide bonds. The summed E-state index contributed by atoms with van der Waals surface area (Å²) in [5.74, 6) is 1.82. The highest BCUT2D eigenvalue weighted by atomic mass is 16.3. The summed E-state index contributed by atoms with van der Waals surface area (Å²) in [6.45, 7) is 0. The molecule has 0 unspecified atom stereocenters. The van der Waals surface area contributed by atoms with Crippen LogP contribution in [0.25, 0.3) is 89.5 Å². The second kappa shape index (κ2) is 11.1. The average Bonchev–Trinajstić information content (AvgIpc) is 3.53. The molecule has 6 nitrogen and oxygen atoms in total. The Kier molecular flexibility index (Phi) is 6.35. The van der Waals surface area contributed by atoms with Crippen molar-refractivity contribution in [2.24, 2.45) is 0 Å². The Bertz CT molecular complexity index is 2520. The number of hydrogen-bond donors (Lipinski definition) is 0. The number of rotatable bonds is 5. The van der Waals surface area contributed by atoms with Crippen molar-refractivity contribution in [3.63, 3.8) is 0 Å². The van der Waals surface area contributed by atoms with Gasteiger partial charge in [0.15, 0.2) is 17.5 Å². The first kappa shape index (κ1) is 26.8. The highest BCUT2D eigenvalue weighted by Gasteiger charge is 2.19. The molecule has 0 radical (unpaired) electrons. The fourth-order valence-corrected chi connectivity index (χ4v) is 6.04. The van der Waals surface area contributed by atoms with E-state index in [1.807, 2.05) is 115 Å². The minimum atomic E-state index is 0.584. The molecule has 0 aliphatic carbocycles. The summed E-state index contributed by atoms with van der Waals surface area (Å²) in [5.41, 5.74) is 7.51. The molecule has 9 rings (SSSR count). The highest BCUT2D eigenvalue weighted by molar-refractivity contribution is 6.12. The van der Waals surface area contributed by atoms with Gasteiger partial charge in [-0.25, -0.2) is 19.9 Å². The van der Waals surface area contributed by atoms with Crippen molar-refractivity contribution in [1.29, 1.82) is 0 Å². The van der Waals surface area contributed by atoms with Crippen molar-refractivity contribution in [3.8, 4) is 56.8 Å². The van der Waals surface area contributed by atoms with Crippen molar-refractivity contribution >= 4 is 32.7 Å². The van der Waals surface area contributed by atoms with E-state index in [1.165, 1.54) is 0 Å². The monoisotopic (exact) mass is 603 g/mol. The lowest BCUT2D eigenvalue weighted by molar-refractivity contribution is 0.669. The van der Waals surface area contributed by atoms with E-state index in [4.69, 9.17) is 29.3 Å². The quantitative estimate of drug-likeness (QED) is 0.195. The molecule has 0 aliphatic heterocycles. The maximum absolute atomic E-state index is 6.41. The molecule has 0 atom stereocenters. The van der Waals surface area contributed by atoms with E-state index in [9.17, 15) is 0 Å². The molecule has 9 aromatic rings. The van der Waals surface area contributed by atoms with Gasteiger partial charge in [0.2, 0.25) is 0 Å². The van der Waals surface area contributed by atoms with Crippen LogP contribution in [0.2, 0.25) is 0 Å². The summed E-state index contributed by atoms with van der Waals surface area (Å²) in [6.07, 6.45) is 1.91. The van der Waals surface area contributed by atoms with E-state index >= 15 is 0 Å². The van der Waals surface area contributed by atoms with E-state index in [-0.39, 0.29) is 0 Å². The first-order chi connectivity index (χ1) is 23.3. The molecule has 4 heterocycles. The van der Waals surface area contributed by atoms with Gasteiger partial charge in [-0.05, 0) is 23.6 Å². The summed E-state index contributed by atoms with van der Waals surface area (Å²) >= 11 is 0. The van der Waals surface area contributed by atoms with Gasteiger partial charge in [-0.2, -0.15) is 0 Å². The van der Waals surface area contributed by atoms with Gasteiger partial charge in [0.1, 0.15) is 16.9 Å². The number of benzene rings is 5. The standard InChI is InChI=1S/C41H25N5O/c1-3-12-26(13-4-1)39-44-40(27-14-5-2-6-15-27)46-41(45-39)30-19-11-18-29(22-30)33-24-36-37(32-20-9-10-21-35(32)47-36)38(43-33)34-23-28-16-7-8-17-31(28)25-42-34/h1-25H. The maximum atomic E-state index is 6.41. The zero-order valence-corrected chi connectivity index (χ0v) is 25.1. The third-order valence-corrected chi connectivity index (χ3v) is 8.35. The summed E-state index contributed by atoms with van der Waals surface area (Å²) in [5, 5.41) is 4.13. The summed E-state index contributed by atoms with van der Waals surface area (Å²) in [7, 11) is 0. The number of hydrogen-bond acceptors (Lipinski definition) is 6. The van der Waals surface area contributed by atoms with Crippen LogP contribution >= 0.6 is 0 Å². The van der Waals surface area contributed by atoms with Crippen molar-refractivity contribution in [3.05, 3.63) is 152 Å². The van der Waals surface area contributed by atoms with Gasteiger partial charge in [-0.3, -0.25) is 4.98 Å². The SMILES string of the molecule is c1ccc(-c2nc(-c3ccccc3)nc(-c3cccc(-c4cc5oc6ccccc6c5c(-c5cc6ccccc6cn5)n4)c3)n2)cc1. The van der Waals surface area contributed by atoms with Gasteiger partial charge in [0.05, 0.1) is 16.8 Å². The molecule has 0 aliphatic rings. The predicted octanol–water partition coefficient (Wildman–Crippen LogP) is 10.0. The van der Waals surface area contributed by atoms with Crippen LogP contribution in [0.4, 0.5) is 0 Å². The van der Waals surface area contributed by atoms with Crippen LogP contribution < -0.4 is 0 Å². The molecule has 0 fully saturated rings. The third-order valence-electron chi connectivity index (χ3n) is 8.35. The second-order valence-corrected chi connectivity index (χ2v) is 11.4. The number of aromatic nitrogens is 5. The Morgan fingerprint density at radius 1 is 0.404 bits per heavy atom. The van der Waals surface area contributed by atoms with E-state index in [0.717, 1.165) is 72.0 Å². The minimum Gasteiger partial charge on any atom is -0.456 e. The lowest BCUT2D eigenvalue weighted by Gasteiger charge is -2.10. The fourth-order valence-electron chi connectivity index (χ4n) is 6.04. The van der Waals surface area contributed by atoms with E-state index in [1.54, 1.807) is 0 Å². The Morgan fingerprint density at radius 3 is 1.74 bits per heavy atom. The maximum Gasteiger partial charge on any atom is 0.164 e. The van der Waals surface area contributed by atoms with Crippen molar-refractivity contribution < 1.29 is 4.42 Å². The molecule has 6 heteroatoms. The summed E-state index contributed by atoms with van der Waals surface area (Å²) < 4.78 is 6.41. The van der Waals surface area contributed by atoms with Crippen LogP contribution in [0.1, 0.15) is 0 Å². The van der Waals surface area contributed by atoms with Crippen molar-refractivity contribution in [2.75, 3.05) is 0 Å². The Labute approximate surface area is 270 Å². The van der Waals surface area contributed by atoms with Gasteiger partial charge >= 0.3 is 0 Å². The highest BCUT2D eigenvalue weighted by Crippen LogP contribution is 2.38. The third kappa shape index (κ3) is 4.89. The summed E-state index contributed by atoms with van der Waals surface area (Å²) in [4.78, 5) is 24.8. The number of nitrogens with zero attached hydrogens (tertiary/aromatic N) is 5. The Hall–Kier alpha value is -6.53. The Balaban J connectivity index is 1.23. The van der Waals surface area contributed by atoms with E-state index < -0.39 is 0 Å². The molecule has 220 valence electrons.